The average molecular weight is 310 g/mol. The topological polar surface area (TPSA) is 87.3 Å². The van der Waals surface area contributed by atoms with Gasteiger partial charge in [-0.3, -0.25) is 9.82 Å². The standard InChI is InChI=1S/C13H18N4O3S/c1-17(2)9-10-20-12-5-3-11(4-6-12)16-21(18,19)13-7-8-14-15-13/h3-8,16H,9-10H2,1-2H3,(H,14,15). The van der Waals surface area contributed by atoms with E-state index in [-0.39, 0.29) is 5.03 Å². The van der Waals surface area contributed by atoms with Crippen LogP contribution in [-0.2, 0) is 10.0 Å². The number of likely N-dealkylation sites (N-methyl/N-ethyl adjacent to an activating group) is 1. The first-order valence-electron chi connectivity index (χ1n) is 6.37. The van der Waals surface area contributed by atoms with E-state index in [0.717, 1.165) is 6.54 Å². The lowest BCUT2D eigenvalue weighted by Gasteiger charge is -2.11. The Morgan fingerprint density at radius 2 is 1.95 bits per heavy atom. The van der Waals surface area contributed by atoms with Gasteiger partial charge >= 0.3 is 0 Å². The lowest BCUT2D eigenvalue weighted by atomic mass is 10.3. The Morgan fingerprint density at radius 3 is 2.52 bits per heavy atom. The first-order chi connectivity index (χ1) is 9.97. The Hall–Kier alpha value is -2.06. The summed E-state index contributed by atoms with van der Waals surface area (Å²) < 4.78 is 31.9. The Labute approximate surface area is 124 Å². The molecule has 0 aliphatic carbocycles. The summed E-state index contributed by atoms with van der Waals surface area (Å²) in [5.74, 6) is 0.696. The minimum Gasteiger partial charge on any atom is -0.492 e. The van der Waals surface area contributed by atoms with Crippen molar-refractivity contribution in [1.82, 2.24) is 15.1 Å². The number of nitrogens with zero attached hydrogens (tertiary/aromatic N) is 2. The number of hydrogen-bond acceptors (Lipinski definition) is 5. The quantitative estimate of drug-likeness (QED) is 0.801. The zero-order valence-corrected chi connectivity index (χ0v) is 12.7. The molecule has 2 aromatic rings. The summed E-state index contributed by atoms with van der Waals surface area (Å²) in [5, 5.41) is 6.06. The van der Waals surface area contributed by atoms with Crippen LogP contribution in [0.2, 0.25) is 0 Å². The van der Waals surface area contributed by atoms with Crippen molar-refractivity contribution in [2.24, 2.45) is 0 Å². The van der Waals surface area contributed by atoms with Crippen molar-refractivity contribution in [3.8, 4) is 5.75 Å². The number of ether oxygens (including phenoxy) is 1. The number of aromatic amines is 1. The fraction of sp³-hybridized carbons (Fsp3) is 0.308. The van der Waals surface area contributed by atoms with Gasteiger partial charge in [0.1, 0.15) is 12.4 Å². The number of anilines is 1. The fourth-order valence-corrected chi connectivity index (χ4v) is 2.54. The summed E-state index contributed by atoms with van der Waals surface area (Å²) in [5.41, 5.74) is 0.463. The van der Waals surface area contributed by atoms with Gasteiger partial charge in [0.25, 0.3) is 10.0 Å². The Morgan fingerprint density at radius 1 is 1.24 bits per heavy atom. The smallest absolute Gasteiger partial charge is 0.278 e. The van der Waals surface area contributed by atoms with Gasteiger partial charge in [-0.1, -0.05) is 0 Å². The highest BCUT2D eigenvalue weighted by molar-refractivity contribution is 7.92. The van der Waals surface area contributed by atoms with Crippen LogP contribution in [0, 0.1) is 0 Å². The predicted molar refractivity (Wildman–Crippen MR) is 79.9 cm³/mol. The maximum absolute atomic E-state index is 12.0. The zero-order chi connectivity index (χ0) is 15.3. The van der Waals surface area contributed by atoms with Crippen LogP contribution >= 0.6 is 0 Å². The number of aromatic nitrogens is 2. The molecule has 0 atom stereocenters. The van der Waals surface area contributed by atoms with E-state index in [0.29, 0.717) is 18.0 Å². The van der Waals surface area contributed by atoms with Crippen molar-refractivity contribution in [3.63, 3.8) is 0 Å². The van der Waals surface area contributed by atoms with Gasteiger partial charge in [0.05, 0.1) is 6.20 Å². The van der Waals surface area contributed by atoms with Crippen molar-refractivity contribution < 1.29 is 13.2 Å². The largest absolute Gasteiger partial charge is 0.492 e. The number of sulfonamides is 1. The van der Waals surface area contributed by atoms with Crippen LogP contribution in [0.3, 0.4) is 0 Å². The number of rotatable bonds is 7. The van der Waals surface area contributed by atoms with E-state index in [1.54, 1.807) is 24.3 Å². The monoisotopic (exact) mass is 310 g/mol. The van der Waals surface area contributed by atoms with Gasteiger partial charge in [-0.25, -0.2) is 0 Å². The van der Waals surface area contributed by atoms with E-state index >= 15 is 0 Å². The van der Waals surface area contributed by atoms with Gasteiger partial charge in [-0.05, 0) is 44.4 Å². The summed E-state index contributed by atoms with van der Waals surface area (Å²) in [7, 11) is 0.311. The van der Waals surface area contributed by atoms with Gasteiger partial charge in [0, 0.05) is 12.2 Å². The molecule has 0 saturated heterocycles. The second kappa shape index (κ2) is 6.59. The number of hydrogen-bond donors (Lipinski definition) is 2. The average Bonchev–Trinajstić information content (AvgIpc) is 2.95. The van der Waals surface area contributed by atoms with E-state index < -0.39 is 10.0 Å². The molecule has 114 valence electrons. The molecule has 2 rings (SSSR count). The van der Waals surface area contributed by atoms with Crippen LogP contribution in [0.15, 0.2) is 41.6 Å². The third kappa shape index (κ3) is 4.47. The van der Waals surface area contributed by atoms with Gasteiger partial charge in [0.2, 0.25) is 0 Å². The summed E-state index contributed by atoms with van der Waals surface area (Å²) in [4.78, 5) is 2.02. The SMILES string of the molecule is CN(C)CCOc1ccc(NS(=O)(=O)c2ccn[nH]2)cc1. The third-order valence-corrected chi connectivity index (χ3v) is 3.99. The van der Waals surface area contributed by atoms with E-state index in [1.165, 1.54) is 12.3 Å². The Balaban J connectivity index is 1.96. The molecule has 0 bridgehead atoms. The first kappa shape index (κ1) is 15.3. The Kier molecular flexibility index (Phi) is 4.81. The predicted octanol–water partition coefficient (Wildman–Crippen LogP) is 1.15. The molecule has 0 fully saturated rings. The second-order valence-corrected chi connectivity index (χ2v) is 6.35. The number of H-pyrrole nitrogens is 1. The molecule has 0 unspecified atom stereocenters. The number of nitrogens with one attached hydrogen (secondary N) is 2. The summed E-state index contributed by atoms with van der Waals surface area (Å²) in [6, 6.07) is 8.14. The van der Waals surface area contributed by atoms with E-state index in [9.17, 15) is 8.42 Å². The zero-order valence-electron chi connectivity index (χ0n) is 11.9. The molecule has 0 aliphatic rings. The van der Waals surface area contributed by atoms with E-state index in [1.807, 2.05) is 19.0 Å². The lowest BCUT2D eigenvalue weighted by Crippen LogP contribution is -2.19. The molecule has 0 aliphatic heterocycles. The van der Waals surface area contributed by atoms with Gasteiger partial charge in [-0.15, -0.1) is 0 Å². The van der Waals surface area contributed by atoms with Crippen LogP contribution in [0.1, 0.15) is 0 Å². The van der Waals surface area contributed by atoms with Crippen molar-refractivity contribution in [1.29, 1.82) is 0 Å². The van der Waals surface area contributed by atoms with Crippen LogP contribution in [0.5, 0.6) is 5.75 Å². The van der Waals surface area contributed by atoms with E-state index in [4.69, 9.17) is 4.74 Å². The molecule has 0 spiro atoms. The van der Waals surface area contributed by atoms with E-state index in [2.05, 4.69) is 14.9 Å². The molecule has 21 heavy (non-hydrogen) atoms. The first-order valence-corrected chi connectivity index (χ1v) is 7.85. The molecular weight excluding hydrogens is 292 g/mol. The number of benzene rings is 1. The minimum absolute atomic E-state index is 0.0220. The second-order valence-electron chi connectivity index (χ2n) is 4.70. The molecule has 0 amide bonds. The molecule has 7 nitrogen and oxygen atoms in total. The normalized spacial score (nSPS) is 11.6. The lowest BCUT2D eigenvalue weighted by molar-refractivity contribution is 0.261. The van der Waals surface area contributed by atoms with Gasteiger partial charge in [-0.2, -0.15) is 13.5 Å². The van der Waals surface area contributed by atoms with Crippen molar-refractivity contribution >= 4 is 15.7 Å². The molecular formula is C13H18N4O3S. The summed E-state index contributed by atoms with van der Waals surface area (Å²) in [6.07, 6.45) is 1.39. The molecule has 1 aromatic heterocycles. The van der Waals surface area contributed by atoms with Crippen LogP contribution < -0.4 is 9.46 Å². The molecule has 0 saturated carbocycles. The highest BCUT2D eigenvalue weighted by atomic mass is 32.2. The fourth-order valence-electron chi connectivity index (χ4n) is 1.57. The minimum atomic E-state index is -3.63. The molecule has 8 heteroatoms. The van der Waals surface area contributed by atoms with Crippen molar-refractivity contribution in [3.05, 3.63) is 36.5 Å². The summed E-state index contributed by atoms with van der Waals surface area (Å²) >= 11 is 0. The van der Waals surface area contributed by atoms with Crippen molar-refractivity contribution in [2.75, 3.05) is 32.0 Å². The maximum atomic E-state index is 12.0. The molecule has 2 N–H and O–H groups in total. The highest BCUT2D eigenvalue weighted by Crippen LogP contribution is 2.18. The van der Waals surface area contributed by atoms with Crippen LogP contribution in [0.25, 0.3) is 0 Å². The van der Waals surface area contributed by atoms with Gasteiger partial charge in [0.15, 0.2) is 5.03 Å². The molecule has 1 aromatic carbocycles. The van der Waals surface area contributed by atoms with Gasteiger partial charge < -0.3 is 9.64 Å². The third-order valence-electron chi connectivity index (χ3n) is 2.68. The Bertz CT molecular complexity index is 651. The maximum Gasteiger partial charge on any atom is 0.278 e. The molecule has 0 radical (unpaired) electrons. The van der Waals surface area contributed by atoms with Crippen LogP contribution in [0.4, 0.5) is 5.69 Å². The van der Waals surface area contributed by atoms with Crippen molar-refractivity contribution in [2.45, 2.75) is 5.03 Å². The van der Waals surface area contributed by atoms with Crippen LogP contribution in [-0.4, -0.2) is 50.8 Å². The highest BCUT2D eigenvalue weighted by Gasteiger charge is 2.15. The summed E-state index contributed by atoms with van der Waals surface area (Å²) in [6.45, 7) is 1.39. The molecule has 1 heterocycles.